The summed E-state index contributed by atoms with van der Waals surface area (Å²) in [5.74, 6) is -0.207. The molecule has 6 heteroatoms. The summed E-state index contributed by atoms with van der Waals surface area (Å²) in [5.41, 5.74) is 4.82. The van der Waals surface area contributed by atoms with Crippen molar-refractivity contribution >= 4 is 11.6 Å². The fraction of sp³-hybridized carbons (Fsp3) is 0.100. The van der Waals surface area contributed by atoms with E-state index in [-0.39, 0.29) is 5.56 Å². The lowest BCUT2D eigenvalue weighted by molar-refractivity contribution is 0.0998. The second-order valence-corrected chi connectivity index (χ2v) is 3.14. The van der Waals surface area contributed by atoms with Crippen LogP contribution in [0.15, 0.2) is 29.3 Å². The van der Waals surface area contributed by atoms with Gasteiger partial charge in [-0.3, -0.25) is 14.0 Å². The van der Waals surface area contributed by atoms with Crippen LogP contribution in [0.25, 0.3) is 5.65 Å². The summed E-state index contributed by atoms with van der Waals surface area (Å²) in [4.78, 5) is 26.6. The third-order valence-electron chi connectivity index (χ3n) is 2.18. The largest absolute Gasteiger partial charge is 0.497 e. The molecule has 6 nitrogen and oxygen atoms in total. The number of hydrogen-bond donors (Lipinski definition) is 1. The van der Waals surface area contributed by atoms with Crippen molar-refractivity contribution in [3.8, 4) is 5.75 Å². The number of rotatable bonds is 2. The fourth-order valence-corrected chi connectivity index (χ4v) is 1.35. The molecule has 1 amide bonds. The van der Waals surface area contributed by atoms with Gasteiger partial charge in [-0.15, -0.1) is 0 Å². The Morgan fingerprint density at radius 3 is 2.94 bits per heavy atom. The zero-order valence-electron chi connectivity index (χ0n) is 8.51. The van der Waals surface area contributed by atoms with E-state index in [9.17, 15) is 9.59 Å². The van der Waals surface area contributed by atoms with Crippen molar-refractivity contribution < 1.29 is 9.53 Å². The lowest BCUT2D eigenvalue weighted by atomic mass is 10.3. The minimum atomic E-state index is -0.789. The van der Waals surface area contributed by atoms with Crippen molar-refractivity contribution in [2.24, 2.45) is 5.73 Å². The molecule has 0 unspecified atom stereocenters. The van der Waals surface area contributed by atoms with Gasteiger partial charge in [-0.25, -0.2) is 4.98 Å². The third-order valence-corrected chi connectivity index (χ3v) is 2.18. The molecule has 0 aromatic carbocycles. The number of nitrogens with zero attached hydrogens (tertiary/aromatic N) is 2. The van der Waals surface area contributed by atoms with E-state index in [1.54, 1.807) is 12.1 Å². The zero-order valence-corrected chi connectivity index (χ0v) is 8.51. The molecule has 2 aromatic heterocycles. The minimum Gasteiger partial charge on any atom is -0.497 e. The highest BCUT2D eigenvalue weighted by Crippen LogP contribution is 2.10. The SMILES string of the molecule is COc1ccn2c(=O)c(C(N)=O)cnc2c1. The number of nitrogens with two attached hydrogens (primary N) is 1. The van der Waals surface area contributed by atoms with Crippen LogP contribution < -0.4 is 16.0 Å². The Bertz CT molecular complexity index is 618. The summed E-state index contributed by atoms with van der Waals surface area (Å²) >= 11 is 0. The van der Waals surface area contributed by atoms with E-state index in [0.717, 1.165) is 0 Å². The summed E-state index contributed by atoms with van der Waals surface area (Å²) < 4.78 is 6.23. The van der Waals surface area contributed by atoms with Crippen LogP contribution in [0.2, 0.25) is 0 Å². The Balaban J connectivity index is 2.77. The van der Waals surface area contributed by atoms with Crippen LogP contribution in [0.3, 0.4) is 0 Å². The summed E-state index contributed by atoms with van der Waals surface area (Å²) in [6, 6.07) is 3.19. The molecule has 0 aliphatic heterocycles. The first-order valence-corrected chi connectivity index (χ1v) is 4.48. The summed E-state index contributed by atoms with van der Waals surface area (Å²) in [7, 11) is 1.52. The molecule has 0 fully saturated rings. The van der Waals surface area contributed by atoms with Crippen LogP contribution in [0.4, 0.5) is 0 Å². The van der Waals surface area contributed by atoms with E-state index in [2.05, 4.69) is 4.98 Å². The maximum atomic E-state index is 11.8. The number of pyridine rings is 1. The lowest BCUT2D eigenvalue weighted by Crippen LogP contribution is -2.26. The first-order chi connectivity index (χ1) is 7.63. The van der Waals surface area contributed by atoms with Crippen LogP contribution in [-0.2, 0) is 0 Å². The normalized spacial score (nSPS) is 10.3. The van der Waals surface area contributed by atoms with Gasteiger partial charge in [0.1, 0.15) is 17.0 Å². The Kier molecular flexibility index (Phi) is 2.32. The predicted octanol–water partition coefficient (Wildman–Crippen LogP) is -0.198. The molecule has 2 rings (SSSR count). The quantitative estimate of drug-likeness (QED) is 0.757. The molecule has 2 N–H and O–H groups in total. The number of carbonyl (C=O) groups excluding carboxylic acids is 1. The average molecular weight is 219 g/mol. The van der Waals surface area contributed by atoms with Crippen molar-refractivity contribution in [2.45, 2.75) is 0 Å². The summed E-state index contributed by atoms with van der Waals surface area (Å²) in [6.07, 6.45) is 2.65. The maximum Gasteiger partial charge on any atom is 0.270 e. The number of ether oxygens (including phenoxy) is 1. The van der Waals surface area contributed by atoms with Gasteiger partial charge in [0.25, 0.3) is 11.5 Å². The number of hydrogen-bond acceptors (Lipinski definition) is 4. The first-order valence-electron chi connectivity index (χ1n) is 4.48. The summed E-state index contributed by atoms with van der Waals surface area (Å²) in [6.45, 7) is 0. The highest BCUT2D eigenvalue weighted by molar-refractivity contribution is 5.92. The maximum absolute atomic E-state index is 11.8. The van der Waals surface area contributed by atoms with Gasteiger partial charge in [0, 0.05) is 18.5 Å². The zero-order chi connectivity index (χ0) is 11.7. The van der Waals surface area contributed by atoms with Gasteiger partial charge >= 0.3 is 0 Å². The van der Waals surface area contributed by atoms with Crippen LogP contribution in [-0.4, -0.2) is 22.4 Å². The lowest BCUT2D eigenvalue weighted by Gasteiger charge is -2.03. The number of amides is 1. The summed E-state index contributed by atoms with van der Waals surface area (Å²) in [5, 5.41) is 0. The van der Waals surface area contributed by atoms with E-state index in [1.807, 2.05) is 0 Å². The molecular formula is C10H9N3O3. The minimum absolute atomic E-state index is 0.136. The molecule has 0 atom stereocenters. The Hall–Kier alpha value is -2.37. The molecule has 82 valence electrons. The first kappa shape index (κ1) is 10.2. The van der Waals surface area contributed by atoms with Crippen molar-refractivity contribution in [2.75, 3.05) is 7.11 Å². The van der Waals surface area contributed by atoms with Crippen LogP contribution >= 0.6 is 0 Å². The number of primary amides is 1. The average Bonchev–Trinajstić information content (AvgIpc) is 2.28. The van der Waals surface area contributed by atoms with Gasteiger partial charge in [-0.2, -0.15) is 0 Å². The van der Waals surface area contributed by atoms with Gasteiger partial charge in [0.2, 0.25) is 0 Å². The topological polar surface area (TPSA) is 86.7 Å². The van der Waals surface area contributed by atoms with Crippen molar-refractivity contribution in [3.63, 3.8) is 0 Å². The Morgan fingerprint density at radius 1 is 1.56 bits per heavy atom. The Labute approximate surface area is 90.3 Å². The molecule has 0 aliphatic carbocycles. The van der Waals surface area contributed by atoms with Gasteiger partial charge in [-0.05, 0) is 6.07 Å². The Morgan fingerprint density at radius 2 is 2.31 bits per heavy atom. The van der Waals surface area contributed by atoms with E-state index < -0.39 is 11.5 Å². The van der Waals surface area contributed by atoms with E-state index >= 15 is 0 Å². The predicted molar refractivity (Wildman–Crippen MR) is 56.5 cm³/mol. The molecular weight excluding hydrogens is 210 g/mol. The number of carbonyl (C=O) groups is 1. The number of aromatic nitrogens is 2. The number of fused-ring (bicyclic) bond motifs is 1. The van der Waals surface area contributed by atoms with Crippen LogP contribution in [0.5, 0.6) is 5.75 Å². The van der Waals surface area contributed by atoms with Gasteiger partial charge in [-0.1, -0.05) is 0 Å². The molecule has 16 heavy (non-hydrogen) atoms. The second kappa shape index (κ2) is 3.65. The molecule has 0 saturated carbocycles. The fourth-order valence-electron chi connectivity index (χ4n) is 1.35. The van der Waals surface area contributed by atoms with Gasteiger partial charge < -0.3 is 10.5 Å². The van der Waals surface area contributed by atoms with E-state index in [4.69, 9.17) is 10.5 Å². The monoisotopic (exact) mass is 219 g/mol. The second-order valence-electron chi connectivity index (χ2n) is 3.14. The van der Waals surface area contributed by atoms with Crippen molar-refractivity contribution in [1.29, 1.82) is 0 Å². The van der Waals surface area contributed by atoms with Gasteiger partial charge in [0.15, 0.2) is 0 Å². The third kappa shape index (κ3) is 1.50. The van der Waals surface area contributed by atoms with Crippen molar-refractivity contribution in [3.05, 3.63) is 40.4 Å². The van der Waals surface area contributed by atoms with Crippen LogP contribution in [0.1, 0.15) is 10.4 Å². The smallest absolute Gasteiger partial charge is 0.270 e. The van der Waals surface area contributed by atoms with Crippen molar-refractivity contribution in [1.82, 2.24) is 9.38 Å². The number of methoxy groups -OCH3 is 1. The molecule has 0 radical (unpaired) electrons. The molecule has 0 spiro atoms. The van der Waals surface area contributed by atoms with Gasteiger partial charge in [0.05, 0.1) is 7.11 Å². The molecule has 0 bridgehead atoms. The van der Waals surface area contributed by atoms with E-state index in [0.29, 0.717) is 11.4 Å². The van der Waals surface area contributed by atoms with E-state index in [1.165, 1.54) is 23.9 Å². The highest BCUT2D eigenvalue weighted by Gasteiger charge is 2.09. The molecule has 0 saturated heterocycles. The molecule has 2 aromatic rings. The molecule has 0 aliphatic rings. The molecule has 2 heterocycles. The standard InChI is InChI=1S/C10H9N3O3/c1-16-6-2-3-13-8(4-6)12-5-7(9(11)14)10(13)15/h2-5H,1H3,(H2,11,14). The highest BCUT2D eigenvalue weighted by atomic mass is 16.5. The van der Waals surface area contributed by atoms with Crippen LogP contribution in [0, 0.1) is 0 Å².